The van der Waals surface area contributed by atoms with E-state index < -0.39 is 0 Å². The van der Waals surface area contributed by atoms with Gasteiger partial charge in [0.05, 0.1) is 5.60 Å². The Kier molecular flexibility index (Phi) is 2.61. The quantitative estimate of drug-likeness (QED) is 0.733. The van der Waals surface area contributed by atoms with Gasteiger partial charge in [-0.15, -0.1) is 0 Å². The van der Waals surface area contributed by atoms with Crippen molar-refractivity contribution in [2.45, 2.75) is 63.5 Å². The van der Waals surface area contributed by atoms with Crippen LogP contribution in [0.15, 0.2) is 0 Å². The van der Waals surface area contributed by atoms with Crippen LogP contribution in [0, 0.1) is 0 Å². The molecule has 1 heterocycles. The molecule has 0 radical (unpaired) electrons. The summed E-state index contributed by atoms with van der Waals surface area (Å²) in [5.41, 5.74) is -0.0417. The van der Waals surface area contributed by atoms with Crippen LogP contribution in [-0.4, -0.2) is 34.2 Å². The summed E-state index contributed by atoms with van der Waals surface area (Å²) in [5, 5.41) is 10.3. The van der Waals surface area contributed by atoms with Crippen LogP contribution in [0.5, 0.6) is 0 Å². The molecule has 1 aliphatic heterocycles. The number of hydrogen-bond donors (Lipinski definition) is 1. The largest absolute Gasteiger partial charge is 0.389 e. The highest BCUT2D eigenvalue weighted by Gasteiger charge is 2.39. The summed E-state index contributed by atoms with van der Waals surface area (Å²) in [5.74, 6) is 0. The minimum Gasteiger partial charge on any atom is -0.389 e. The highest BCUT2D eigenvalue weighted by Crippen LogP contribution is 2.35. The third kappa shape index (κ3) is 1.96. The minimum atomic E-state index is -0.360. The van der Waals surface area contributed by atoms with Gasteiger partial charge in [-0.1, -0.05) is 12.8 Å². The number of likely N-dealkylation sites (tertiary alicyclic amines) is 1. The first kappa shape index (κ1) is 10.4. The molecular weight excluding hydrogens is 174 g/mol. The lowest BCUT2D eigenvalue weighted by molar-refractivity contribution is -0.00775. The lowest BCUT2D eigenvalue weighted by Gasteiger charge is -2.37. The predicted octanol–water partition coefficient (Wildman–Crippen LogP) is 2.17. The average Bonchev–Trinajstić information content (AvgIpc) is 2.61. The monoisotopic (exact) mass is 197 g/mol. The molecule has 82 valence electrons. The second-order valence-corrected chi connectivity index (χ2v) is 5.77. The topological polar surface area (TPSA) is 23.5 Å². The van der Waals surface area contributed by atoms with E-state index in [0.29, 0.717) is 5.54 Å². The molecule has 0 amide bonds. The zero-order valence-corrected chi connectivity index (χ0v) is 9.55. The summed E-state index contributed by atoms with van der Waals surface area (Å²) in [6.07, 6.45) is 7.03. The summed E-state index contributed by atoms with van der Waals surface area (Å²) in [7, 11) is 0. The van der Waals surface area contributed by atoms with Gasteiger partial charge in [0.25, 0.3) is 0 Å². The van der Waals surface area contributed by atoms with E-state index in [2.05, 4.69) is 18.7 Å². The number of hydrogen-bond acceptors (Lipinski definition) is 2. The molecule has 0 spiro atoms. The molecule has 2 fully saturated rings. The first-order valence-electron chi connectivity index (χ1n) is 5.99. The van der Waals surface area contributed by atoms with Crippen molar-refractivity contribution in [3.63, 3.8) is 0 Å². The van der Waals surface area contributed by atoms with Gasteiger partial charge >= 0.3 is 0 Å². The molecule has 0 bridgehead atoms. The van der Waals surface area contributed by atoms with E-state index in [-0.39, 0.29) is 5.60 Å². The van der Waals surface area contributed by atoms with Crippen LogP contribution < -0.4 is 0 Å². The molecule has 1 saturated carbocycles. The molecule has 0 atom stereocenters. The Morgan fingerprint density at radius 1 is 1.07 bits per heavy atom. The Bertz CT molecular complexity index is 206. The first-order chi connectivity index (χ1) is 6.52. The van der Waals surface area contributed by atoms with Crippen molar-refractivity contribution in [2.24, 2.45) is 0 Å². The van der Waals surface area contributed by atoms with Crippen LogP contribution in [-0.2, 0) is 0 Å². The number of rotatable bonds is 2. The van der Waals surface area contributed by atoms with E-state index in [1.807, 2.05) is 0 Å². The Morgan fingerprint density at radius 2 is 1.71 bits per heavy atom. The third-order valence-electron chi connectivity index (χ3n) is 4.09. The Labute approximate surface area is 87.3 Å². The van der Waals surface area contributed by atoms with Crippen LogP contribution in [0.3, 0.4) is 0 Å². The maximum Gasteiger partial charge on any atom is 0.0774 e. The molecule has 2 rings (SSSR count). The third-order valence-corrected chi connectivity index (χ3v) is 4.09. The molecule has 0 aromatic rings. The first-order valence-corrected chi connectivity index (χ1v) is 5.99. The van der Waals surface area contributed by atoms with Gasteiger partial charge in [0.2, 0.25) is 0 Å². The molecule has 1 aliphatic carbocycles. The molecule has 1 saturated heterocycles. The fraction of sp³-hybridized carbons (Fsp3) is 1.00. The smallest absolute Gasteiger partial charge is 0.0774 e. The number of β-amino-alcohol motifs (C(OH)–C–C–N with tert-alkyl or cyclic N) is 1. The second-order valence-electron chi connectivity index (χ2n) is 5.77. The SMILES string of the molecule is CC1(C)CCCN1CC1(O)CCCC1. The minimum absolute atomic E-state index is 0.318. The number of aliphatic hydroxyl groups is 1. The fourth-order valence-electron chi connectivity index (χ4n) is 3.00. The molecule has 0 unspecified atom stereocenters. The molecule has 0 aromatic carbocycles. The van der Waals surface area contributed by atoms with Crippen LogP contribution in [0.4, 0.5) is 0 Å². The van der Waals surface area contributed by atoms with E-state index in [1.165, 1.54) is 32.2 Å². The van der Waals surface area contributed by atoms with Gasteiger partial charge < -0.3 is 5.11 Å². The molecule has 14 heavy (non-hydrogen) atoms. The zero-order valence-electron chi connectivity index (χ0n) is 9.55. The lowest BCUT2D eigenvalue weighted by Crippen LogP contribution is -2.47. The van der Waals surface area contributed by atoms with Gasteiger partial charge in [0.1, 0.15) is 0 Å². The Hall–Kier alpha value is -0.0800. The lowest BCUT2D eigenvalue weighted by atomic mass is 9.97. The van der Waals surface area contributed by atoms with Crippen molar-refractivity contribution in [2.75, 3.05) is 13.1 Å². The summed E-state index contributed by atoms with van der Waals surface area (Å²) < 4.78 is 0. The van der Waals surface area contributed by atoms with Crippen molar-refractivity contribution < 1.29 is 5.11 Å². The standard InChI is InChI=1S/C12H23NO/c1-11(2)6-5-9-13(11)10-12(14)7-3-4-8-12/h14H,3-10H2,1-2H3. The van der Waals surface area contributed by atoms with Crippen LogP contribution >= 0.6 is 0 Å². The summed E-state index contributed by atoms with van der Waals surface area (Å²) in [6.45, 7) is 6.69. The van der Waals surface area contributed by atoms with Gasteiger partial charge in [0, 0.05) is 12.1 Å². The second kappa shape index (κ2) is 3.49. The molecule has 0 aromatic heterocycles. The van der Waals surface area contributed by atoms with E-state index >= 15 is 0 Å². The molecule has 2 aliphatic rings. The van der Waals surface area contributed by atoms with Crippen molar-refractivity contribution in [3.8, 4) is 0 Å². The van der Waals surface area contributed by atoms with Crippen molar-refractivity contribution in [1.82, 2.24) is 4.90 Å². The van der Waals surface area contributed by atoms with Crippen LogP contribution in [0.25, 0.3) is 0 Å². The maximum atomic E-state index is 10.3. The zero-order chi connectivity index (χ0) is 10.2. The molecule has 1 N–H and O–H groups in total. The van der Waals surface area contributed by atoms with Gasteiger partial charge in [0.15, 0.2) is 0 Å². The maximum absolute atomic E-state index is 10.3. The van der Waals surface area contributed by atoms with Gasteiger partial charge in [-0.3, -0.25) is 4.90 Å². The van der Waals surface area contributed by atoms with E-state index in [0.717, 1.165) is 19.4 Å². The van der Waals surface area contributed by atoms with Crippen LogP contribution in [0.2, 0.25) is 0 Å². The van der Waals surface area contributed by atoms with E-state index in [9.17, 15) is 5.11 Å². The fourth-order valence-corrected chi connectivity index (χ4v) is 3.00. The van der Waals surface area contributed by atoms with Gasteiger partial charge in [-0.2, -0.15) is 0 Å². The van der Waals surface area contributed by atoms with E-state index in [1.54, 1.807) is 0 Å². The normalized spacial score (nSPS) is 31.1. The van der Waals surface area contributed by atoms with Gasteiger partial charge in [-0.25, -0.2) is 0 Å². The van der Waals surface area contributed by atoms with Gasteiger partial charge in [-0.05, 0) is 46.1 Å². The molecule has 2 nitrogen and oxygen atoms in total. The van der Waals surface area contributed by atoms with E-state index in [4.69, 9.17) is 0 Å². The van der Waals surface area contributed by atoms with Crippen molar-refractivity contribution in [3.05, 3.63) is 0 Å². The highest BCUT2D eigenvalue weighted by molar-refractivity contribution is 4.95. The average molecular weight is 197 g/mol. The molecular formula is C12H23NO. The van der Waals surface area contributed by atoms with Crippen LogP contribution in [0.1, 0.15) is 52.4 Å². The summed E-state index contributed by atoms with van der Waals surface area (Å²) >= 11 is 0. The number of nitrogens with zero attached hydrogens (tertiary/aromatic N) is 1. The predicted molar refractivity (Wildman–Crippen MR) is 58.3 cm³/mol. The Balaban J connectivity index is 1.96. The summed E-state index contributed by atoms with van der Waals surface area (Å²) in [4.78, 5) is 2.48. The van der Waals surface area contributed by atoms with Crippen molar-refractivity contribution in [1.29, 1.82) is 0 Å². The molecule has 2 heteroatoms. The Morgan fingerprint density at radius 3 is 2.21 bits per heavy atom. The summed E-state index contributed by atoms with van der Waals surface area (Å²) in [6, 6.07) is 0. The van der Waals surface area contributed by atoms with Crippen molar-refractivity contribution >= 4 is 0 Å². The highest BCUT2D eigenvalue weighted by atomic mass is 16.3.